The number of nitrogens with one attached hydrogen (secondary N) is 2. The zero-order valence-corrected chi connectivity index (χ0v) is 8.86. The number of rotatable bonds is 5. The van der Waals surface area contributed by atoms with Gasteiger partial charge in [0.25, 0.3) is 0 Å². The molecule has 2 rings (SSSR count). The van der Waals surface area contributed by atoms with Crippen molar-refractivity contribution in [1.29, 1.82) is 0 Å². The Kier molecular flexibility index (Phi) is 3.01. The predicted octanol–water partition coefficient (Wildman–Crippen LogP) is -0.119. The summed E-state index contributed by atoms with van der Waals surface area (Å²) in [6.45, 7) is 1.14. The lowest BCUT2D eigenvalue weighted by atomic mass is 10.4. The molecule has 0 atom stereocenters. The molecule has 2 N–H and O–H groups in total. The average Bonchev–Trinajstić information content (AvgIpc) is 2.97. The number of aromatic nitrogens is 2. The molecular formula is C10H16N4O. The van der Waals surface area contributed by atoms with Crippen LogP contribution in [0.4, 0.5) is 0 Å². The Morgan fingerprint density at radius 2 is 2.47 bits per heavy atom. The Morgan fingerprint density at radius 1 is 1.67 bits per heavy atom. The van der Waals surface area contributed by atoms with Crippen LogP contribution >= 0.6 is 0 Å². The standard InChI is InChI=1S/C10H16N4O/c1-11-10(15)6-14-7-12-4-9(14)5-13-8-2-3-8/h4,7-8,13H,2-3,5-6H2,1H3,(H,11,15). The maximum Gasteiger partial charge on any atom is 0.239 e. The van der Waals surface area contributed by atoms with Crippen LogP contribution in [0, 0.1) is 0 Å². The summed E-state index contributed by atoms with van der Waals surface area (Å²) < 4.78 is 1.87. The molecule has 1 fully saturated rings. The van der Waals surface area contributed by atoms with Gasteiger partial charge in [0.05, 0.1) is 12.0 Å². The van der Waals surface area contributed by atoms with E-state index in [-0.39, 0.29) is 5.91 Å². The van der Waals surface area contributed by atoms with Crippen molar-refractivity contribution < 1.29 is 4.79 Å². The molecule has 0 radical (unpaired) electrons. The molecule has 0 bridgehead atoms. The summed E-state index contributed by atoms with van der Waals surface area (Å²) in [5, 5.41) is 6.00. The molecule has 0 unspecified atom stereocenters. The molecule has 1 heterocycles. The largest absolute Gasteiger partial charge is 0.358 e. The second-order valence-corrected chi connectivity index (χ2v) is 3.84. The summed E-state index contributed by atoms with van der Waals surface area (Å²) in [5.74, 6) is 0.000622. The molecule has 1 aromatic heterocycles. The van der Waals surface area contributed by atoms with Crippen molar-refractivity contribution in [1.82, 2.24) is 20.2 Å². The van der Waals surface area contributed by atoms with Crippen molar-refractivity contribution in [3.8, 4) is 0 Å². The maximum atomic E-state index is 11.2. The second-order valence-electron chi connectivity index (χ2n) is 3.84. The van der Waals surface area contributed by atoms with Crippen molar-refractivity contribution in [2.45, 2.75) is 32.0 Å². The van der Waals surface area contributed by atoms with E-state index in [9.17, 15) is 4.79 Å². The predicted molar refractivity (Wildman–Crippen MR) is 56.2 cm³/mol. The van der Waals surface area contributed by atoms with Crippen molar-refractivity contribution in [2.24, 2.45) is 0 Å². The Morgan fingerprint density at radius 3 is 3.13 bits per heavy atom. The van der Waals surface area contributed by atoms with E-state index < -0.39 is 0 Å². The Bertz CT molecular complexity index is 343. The van der Waals surface area contributed by atoms with Crippen LogP contribution in [-0.2, 0) is 17.9 Å². The van der Waals surface area contributed by atoms with Crippen molar-refractivity contribution >= 4 is 5.91 Å². The third kappa shape index (κ3) is 2.79. The molecule has 0 aliphatic heterocycles. The van der Waals surface area contributed by atoms with Gasteiger partial charge in [0.2, 0.25) is 5.91 Å². The summed E-state index contributed by atoms with van der Waals surface area (Å²) in [4.78, 5) is 15.3. The first-order valence-corrected chi connectivity index (χ1v) is 5.22. The molecule has 15 heavy (non-hydrogen) atoms. The lowest BCUT2D eigenvalue weighted by Crippen LogP contribution is -2.25. The number of carbonyl (C=O) groups is 1. The van der Waals surface area contributed by atoms with E-state index in [0.29, 0.717) is 12.6 Å². The fourth-order valence-electron chi connectivity index (χ4n) is 1.41. The summed E-state index contributed by atoms with van der Waals surface area (Å²) >= 11 is 0. The minimum atomic E-state index is 0.000622. The molecule has 1 amide bonds. The maximum absolute atomic E-state index is 11.2. The second kappa shape index (κ2) is 4.44. The SMILES string of the molecule is CNC(=O)Cn1cncc1CNC1CC1. The third-order valence-electron chi connectivity index (χ3n) is 2.54. The number of hydrogen-bond donors (Lipinski definition) is 2. The highest BCUT2D eigenvalue weighted by atomic mass is 16.1. The first kappa shape index (κ1) is 10.2. The molecule has 5 heteroatoms. The van der Waals surface area contributed by atoms with Gasteiger partial charge in [0, 0.05) is 25.8 Å². The molecule has 0 saturated heterocycles. The number of carbonyl (C=O) groups excluding carboxylic acids is 1. The Balaban J connectivity index is 1.91. The van der Waals surface area contributed by atoms with Crippen LogP contribution in [-0.4, -0.2) is 28.5 Å². The third-order valence-corrected chi connectivity index (χ3v) is 2.54. The van der Waals surface area contributed by atoms with Crippen LogP contribution < -0.4 is 10.6 Å². The van der Waals surface area contributed by atoms with E-state index in [1.54, 1.807) is 19.6 Å². The highest BCUT2D eigenvalue weighted by Crippen LogP contribution is 2.19. The number of imidazole rings is 1. The molecule has 82 valence electrons. The first-order valence-electron chi connectivity index (χ1n) is 5.22. The minimum absolute atomic E-state index is 0.000622. The van der Waals surface area contributed by atoms with E-state index in [4.69, 9.17) is 0 Å². The van der Waals surface area contributed by atoms with E-state index in [1.165, 1.54) is 12.8 Å². The summed E-state index contributed by atoms with van der Waals surface area (Å²) in [6, 6.07) is 0.674. The van der Waals surface area contributed by atoms with Crippen LogP contribution in [0.3, 0.4) is 0 Å². The summed E-state index contributed by atoms with van der Waals surface area (Å²) in [5.41, 5.74) is 1.06. The van der Waals surface area contributed by atoms with Gasteiger partial charge in [0.15, 0.2) is 0 Å². The van der Waals surface area contributed by atoms with Gasteiger partial charge < -0.3 is 15.2 Å². The fourth-order valence-corrected chi connectivity index (χ4v) is 1.41. The first-order chi connectivity index (χ1) is 7.29. The number of nitrogens with zero attached hydrogens (tertiary/aromatic N) is 2. The summed E-state index contributed by atoms with van der Waals surface area (Å²) in [6.07, 6.45) is 6.03. The molecular weight excluding hydrogens is 192 g/mol. The number of likely N-dealkylation sites (N-methyl/N-ethyl adjacent to an activating group) is 1. The molecule has 0 aromatic carbocycles. The Labute approximate surface area is 88.9 Å². The average molecular weight is 208 g/mol. The Hall–Kier alpha value is -1.36. The topological polar surface area (TPSA) is 59.0 Å². The quantitative estimate of drug-likeness (QED) is 0.709. The van der Waals surface area contributed by atoms with Crippen molar-refractivity contribution in [3.63, 3.8) is 0 Å². The zero-order chi connectivity index (χ0) is 10.7. The van der Waals surface area contributed by atoms with E-state index in [0.717, 1.165) is 12.2 Å². The van der Waals surface area contributed by atoms with Gasteiger partial charge in [0.1, 0.15) is 6.54 Å². The smallest absolute Gasteiger partial charge is 0.239 e. The minimum Gasteiger partial charge on any atom is -0.358 e. The van der Waals surface area contributed by atoms with E-state index in [2.05, 4.69) is 15.6 Å². The molecule has 1 aliphatic rings. The highest BCUT2D eigenvalue weighted by molar-refractivity contribution is 5.75. The molecule has 1 saturated carbocycles. The summed E-state index contributed by atoms with van der Waals surface area (Å²) in [7, 11) is 1.64. The van der Waals surface area contributed by atoms with Gasteiger partial charge in [-0.1, -0.05) is 0 Å². The van der Waals surface area contributed by atoms with Crippen LogP contribution in [0.25, 0.3) is 0 Å². The lowest BCUT2D eigenvalue weighted by molar-refractivity contribution is -0.121. The van der Waals surface area contributed by atoms with Gasteiger partial charge in [-0.15, -0.1) is 0 Å². The lowest BCUT2D eigenvalue weighted by Gasteiger charge is -2.07. The van der Waals surface area contributed by atoms with E-state index in [1.807, 2.05) is 4.57 Å². The van der Waals surface area contributed by atoms with Crippen molar-refractivity contribution in [2.75, 3.05) is 7.05 Å². The van der Waals surface area contributed by atoms with Crippen LogP contribution in [0.2, 0.25) is 0 Å². The highest BCUT2D eigenvalue weighted by Gasteiger charge is 2.20. The zero-order valence-electron chi connectivity index (χ0n) is 8.86. The normalized spacial score (nSPS) is 15.3. The fraction of sp³-hybridized carbons (Fsp3) is 0.600. The number of hydrogen-bond acceptors (Lipinski definition) is 3. The van der Waals surface area contributed by atoms with Gasteiger partial charge in [-0.2, -0.15) is 0 Å². The van der Waals surface area contributed by atoms with Gasteiger partial charge >= 0.3 is 0 Å². The van der Waals surface area contributed by atoms with Gasteiger partial charge in [-0.25, -0.2) is 4.98 Å². The molecule has 5 nitrogen and oxygen atoms in total. The van der Waals surface area contributed by atoms with Gasteiger partial charge in [-0.05, 0) is 12.8 Å². The van der Waals surface area contributed by atoms with Crippen LogP contribution in [0.1, 0.15) is 18.5 Å². The monoisotopic (exact) mass is 208 g/mol. The van der Waals surface area contributed by atoms with Crippen LogP contribution in [0.5, 0.6) is 0 Å². The van der Waals surface area contributed by atoms with E-state index >= 15 is 0 Å². The van der Waals surface area contributed by atoms with Gasteiger partial charge in [-0.3, -0.25) is 4.79 Å². The number of amides is 1. The van der Waals surface area contributed by atoms with Crippen LogP contribution in [0.15, 0.2) is 12.5 Å². The molecule has 1 aromatic rings. The molecule has 1 aliphatic carbocycles. The van der Waals surface area contributed by atoms with Crippen molar-refractivity contribution in [3.05, 3.63) is 18.2 Å². The molecule has 0 spiro atoms.